The SMILES string of the molecule is Cc1cccc(C=NNC(=O)C2CCCCC2)n1.O. The first-order valence-corrected chi connectivity index (χ1v) is 6.52. The van der Waals surface area contributed by atoms with E-state index >= 15 is 0 Å². The van der Waals surface area contributed by atoms with Gasteiger partial charge in [-0.15, -0.1) is 0 Å². The zero-order chi connectivity index (χ0) is 12.8. The normalized spacial score (nSPS) is 16.1. The maximum Gasteiger partial charge on any atom is 0.243 e. The highest BCUT2D eigenvalue weighted by Gasteiger charge is 2.20. The summed E-state index contributed by atoms with van der Waals surface area (Å²) >= 11 is 0. The lowest BCUT2D eigenvalue weighted by atomic mass is 9.89. The van der Waals surface area contributed by atoms with Gasteiger partial charge < -0.3 is 5.48 Å². The Kier molecular flexibility index (Phi) is 6.15. The van der Waals surface area contributed by atoms with Gasteiger partial charge in [0.25, 0.3) is 0 Å². The van der Waals surface area contributed by atoms with Gasteiger partial charge in [0.15, 0.2) is 0 Å². The van der Waals surface area contributed by atoms with Gasteiger partial charge in [-0.2, -0.15) is 5.10 Å². The molecule has 5 heteroatoms. The first-order chi connectivity index (χ1) is 8.75. The Labute approximate surface area is 113 Å². The number of amides is 1. The summed E-state index contributed by atoms with van der Waals surface area (Å²) in [6.45, 7) is 1.93. The van der Waals surface area contributed by atoms with E-state index in [0.717, 1.165) is 37.1 Å². The van der Waals surface area contributed by atoms with Crippen LogP contribution in [0, 0.1) is 12.8 Å². The van der Waals surface area contributed by atoms with E-state index in [1.54, 1.807) is 6.21 Å². The minimum absolute atomic E-state index is 0. The third kappa shape index (κ3) is 4.79. The molecular formula is C14H21N3O2. The highest BCUT2D eigenvalue weighted by atomic mass is 16.2. The fraction of sp³-hybridized carbons (Fsp3) is 0.500. The molecule has 0 unspecified atom stereocenters. The van der Waals surface area contributed by atoms with Gasteiger partial charge in [-0.25, -0.2) is 5.43 Å². The molecule has 1 aromatic rings. The van der Waals surface area contributed by atoms with E-state index in [1.165, 1.54) is 6.42 Å². The standard InChI is InChI=1S/C14H19N3O.H2O/c1-11-6-5-9-13(16-11)10-15-17-14(18)12-7-3-2-4-8-12;/h5-6,9-10,12H,2-4,7-8H2,1H3,(H,17,18);1H2. The molecule has 104 valence electrons. The number of nitrogens with zero attached hydrogens (tertiary/aromatic N) is 2. The number of carbonyl (C=O) groups excluding carboxylic acids is 1. The van der Waals surface area contributed by atoms with Crippen LogP contribution in [-0.2, 0) is 4.79 Å². The van der Waals surface area contributed by atoms with Gasteiger partial charge in [-0.3, -0.25) is 9.78 Å². The van der Waals surface area contributed by atoms with Crippen molar-refractivity contribution in [2.24, 2.45) is 11.0 Å². The van der Waals surface area contributed by atoms with Crippen molar-refractivity contribution in [1.82, 2.24) is 10.4 Å². The molecule has 0 atom stereocenters. The number of carbonyl (C=O) groups is 1. The number of hydrogen-bond acceptors (Lipinski definition) is 3. The molecule has 0 radical (unpaired) electrons. The monoisotopic (exact) mass is 263 g/mol. The van der Waals surface area contributed by atoms with E-state index in [2.05, 4.69) is 15.5 Å². The maximum atomic E-state index is 11.8. The average Bonchev–Trinajstić information content (AvgIpc) is 2.40. The molecule has 2 rings (SSSR count). The van der Waals surface area contributed by atoms with Crippen molar-refractivity contribution >= 4 is 12.1 Å². The molecule has 5 nitrogen and oxygen atoms in total. The van der Waals surface area contributed by atoms with E-state index in [1.807, 2.05) is 25.1 Å². The quantitative estimate of drug-likeness (QED) is 0.663. The highest BCUT2D eigenvalue weighted by molar-refractivity contribution is 5.82. The van der Waals surface area contributed by atoms with Gasteiger partial charge in [-0.1, -0.05) is 25.3 Å². The Morgan fingerprint density at radius 2 is 2.11 bits per heavy atom. The van der Waals surface area contributed by atoms with E-state index in [-0.39, 0.29) is 17.3 Å². The van der Waals surface area contributed by atoms with Crippen LogP contribution in [0.2, 0.25) is 0 Å². The van der Waals surface area contributed by atoms with Gasteiger partial charge in [0.05, 0.1) is 11.9 Å². The predicted octanol–water partition coefficient (Wildman–Crippen LogP) is 1.60. The van der Waals surface area contributed by atoms with Crippen LogP contribution in [0.5, 0.6) is 0 Å². The summed E-state index contributed by atoms with van der Waals surface area (Å²) in [5.41, 5.74) is 4.32. The Morgan fingerprint density at radius 3 is 2.79 bits per heavy atom. The summed E-state index contributed by atoms with van der Waals surface area (Å²) in [7, 11) is 0. The van der Waals surface area contributed by atoms with Crippen molar-refractivity contribution in [3.8, 4) is 0 Å². The van der Waals surface area contributed by atoms with Crippen molar-refractivity contribution in [3.05, 3.63) is 29.6 Å². The van der Waals surface area contributed by atoms with Crippen molar-refractivity contribution in [1.29, 1.82) is 0 Å². The van der Waals surface area contributed by atoms with Crippen LogP contribution in [0.1, 0.15) is 43.5 Å². The second-order valence-corrected chi connectivity index (χ2v) is 4.77. The van der Waals surface area contributed by atoms with Gasteiger partial charge in [0.1, 0.15) is 0 Å². The largest absolute Gasteiger partial charge is 0.412 e. The van der Waals surface area contributed by atoms with Crippen LogP contribution in [0.3, 0.4) is 0 Å². The van der Waals surface area contributed by atoms with Gasteiger partial charge in [0, 0.05) is 11.6 Å². The lowest BCUT2D eigenvalue weighted by Crippen LogP contribution is -2.28. The second kappa shape index (κ2) is 7.63. The fourth-order valence-corrected chi connectivity index (χ4v) is 2.25. The number of aryl methyl sites for hydroxylation is 1. The minimum atomic E-state index is 0. The molecule has 1 aromatic heterocycles. The summed E-state index contributed by atoms with van der Waals surface area (Å²) in [5.74, 6) is 0.181. The predicted molar refractivity (Wildman–Crippen MR) is 74.9 cm³/mol. The smallest absolute Gasteiger partial charge is 0.243 e. The van der Waals surface area contributed by atoms with Crippen LogP contribution in [0.15, 0.2) is 23.3 Å². The maximum absolute atomic E-state index is 11.8. The van der Waals surface area contributed by atoms with Gasteiger partial charge in [0.2, 0.25) is 5.91 Å². The topological polar surface area (TPSA) is 85.8 Å². The van der Waals surface area contributed by atoms with E-state index in [9.17, 15) is 4.79 Å². The Hall–Kier alpha value is -1.75. The molecule has 0 aliphatic heterocycles. The van der Waals surface area contributed by atoms with Crippen LogP contribution < -0.4 is 5.43 Å². The molecule has 1 saturated carbocycles. The summed E-state index contributed by atoms with van der Waals surface area (Å²) < 4.78 is 0. The number of nitrogens with one attached hydrogen (secondary N) is 1. The molecular weight excluding hydrogens is 242 g/mol. The number of aromatic nitrogens is 1. The minimum Gasteiger partial charge on any atom is -0.412 e. The first kappa shape index (κ1) is 15.3. The molecule has 0 saturated heterocycles. The molecule has 1 amide bonds. The van der Waals surface area contributed by atoms with Crippen LogP contribution in [-0.4, -0.2) is 22.6 Å². The Balaban J connectivity index is 0.00000180. The Morgan fingerprint density at radius 1 is 1.37 bits per heavy atom. The number of hydrogen-bond donors (Lipinski definition) is 1. The van der Waals surface area contributed by atoms with E-state index < -0.39 is 0 Å². The summed E-state index contributed by atoms with van der Waals surface area (Å²) in [4.78, 5) is 16.1. The third-order valence-corrected chi connectivity index (χ3v) is 3.26. The zero-order valence-corrected chi connectivity index (χ0v) is 11.2. The average molecular weight is 263 g/mol. The van der Waals surface area contributed by atoms with Crippen LogP contribution >= 0.6 is 0 Å². The van der Waals surface area contributed by atoms with Crippen molar-refractivity contribution in [3.63, 3.8) is 0 Å². The molecule has 0 spiro atoms. The summed E-state index contributed by atoms with van der Waals surface area (Å²) in [6, 6.07) is 5.72. The number of hydrazone groups is 1. The first-order valence-electron chi connectivity index (χ1n) is 6.52. The Bertz CT molecular complexity index is 440. The molecule has 0 bridgehead atoms. The fourth-order valence-electron chi connectivity index (χ4n) is 2.25. The number of rotatable bonds is 3. The van der Waals surface area contributed by atoms with Crippen molar-refractivity contribution in [2.75, 3.05) is 0 Å². The third-order valence-electron chi connectivity index (χ3n) is 3.26. The summed E-state index contributed by atoms with van der Waals surface area (Å²) in [5, 5.41) is 3.97. The number of pyridine rings is 1. The van der Waals surface area contributed by atoms with Gasteiger partial charge >= 0.3 is 0 Å². The van der Waals surface area contributed by atoms with E-state index in [4.69, 9.17) is 0 Å². The lowest BCUT2D eigenvalue weighted by molar-refractivity contribution is -0.125. The molecule has 19 heavy (non-hydrogen) atoms. The highest BCUT2D eigenvalue weighted by Crippen LogP contribution is 2.23. The van der Waals surface area contributed by atoms with Crippen molar-refractivity contribution < 1.29 is 10.3 Å². The zero-order valence-electron chi connectivity index (χ0n) is 11.2. The van der Waals surface area contributed by atoms with Gasteiger partial charge in [-0.05, 0) is 31.9 Å². The molecule has 1 aliphatic carbocycles. The summed E-state index contributed by atoms with van der Waals surface area (Å²) in [6.07, 6.45) is 7.13. The van der Waals surface area contributed by atoms with E-state index in [0.29, 0.717) is 0 Å². The molecule has 1 fully saturated rings. The molecule has 1 heterocycles. The second-order valence-electron chi connectivity index (χ2n) is 4.77. The molecule has 3 N–H and O–H groups in total. The molecule has 0 aromatic carbocycles. The molecule has 1 aliphatic rings. The lowest BCUT2D eigenvalue weighted by Gasteiger charge is -2.19. The van der Waals surface area contributed by atoms with Crippen LogP contribution in [0.25, 0.3) is 0 Å². The van der Waals surface area contributed by atoms with Crippen molar-refractivity contribution in [2.45, 2.75) is 39.0 Å². The van der Waals surface area contributed by atoms with Crippen LogP contribution in [0.4, 0.5) is 0 Å².